The summed E-state index contributed by atoms with van der Waals surface area (Å²) < 4.78 is 9.79. The van der Waals surface area contributed by atoms with Crippen molar-refractivity contribution in [2.75, 3.05) is 0 Å². The third kappa shape index (κ3) is 3.81. The van der Waals surface area contributed by atoms with Crippen LogP contribution >= 0.6 is 31.9 Å². The van der Waals surface area contributed by atoms with Gasteiger partial charge in [0, 0.05) is 16.6 Å². The van der Waals surface area contributed by atoms with Crippen LogP contribution in [0.3, 0.4) is 0 Å². The largest absolute Gasteiger partial charge is 0.488 e. The summed E-state index contributed by atoms with van der Waals surface area (Å²) in [6.07, 6.45) is 0. The Kier molecular flexibility index (Phi) is 4.97. The second-order valence-corrected chi connectivity index (χ2v) is 8.58. The predicted octanol–water partition coefficient (Wildman–Crippen LogP) is 5.58. The zero-order valence-corrected chi connectivity index (χ0v) is 17.1. The highest BCUT2D eigenvalue weighted by Gasteiger charge is 2.17. The van der Waals surface area contributed by atoms with Gasteiger partial charge in [-0.1, -0.05) is 60.1 Å². The van der Waals surface area contributed by atoms with Gasteiger partial charge < -0.3 is 4.74 Å². The van der Waals surface area contributed by atoms with Crippen LogP contribution in [0.2, 0.25) is 0 Å². The molecule has 3 aromatic rings. The van der Waals surface area contributed by atoms with Crippen LogP contribution in [0.5, 0.6) is 5.75 Å². The number of fused-ring (bicyclic) bond motifs is 1. The average molecular weight is 453 g/mol. The number of aromatic nitrogens is 3. The molecule has 0 fully saturated rings. The van der Waals surface area contributed by atoms with Crippen molar-refractivity contribution in [3.63, 3.8) is 0 Å². The lowest BCUT2D eigenvalue weighted by atomic mass is 9.97. The van der Waals surface area contributed by atoms with Crippen LogP contribution in [-0.2, 0) is 13.2 Å². The third-order valence-corrected chi connectivity index (χ3v) is 5.10. The van der Waals surface area contributed by atoms with Crippen LogP contribution in [0.4, 0.5) is 0 Å². The SMILES string of the molecule is CC(C)(C)Cn1nnc2c(Br)c(OCc3ccccc3Br)ccc21. The molecule has 126 valence electrons. The highest BCUT2D eigenvalue weighted by Crippen LogP contribution is 2.33. The van der Waals surface area contributed by atoms with Gasteiger partial charge in [0.25, 0.3) is 0 Å². The molecule has 0 radical (unpaired) electrons. The van der Waals surface area contributed by atoms with Gasteiger partial charge in [-0.3, -0.25) is 0 Å². The highest BCUT2D eigenvalue weighted by atomic mass is 79.9. The van der Waals surface area contributed by atoms with Crippen LogP contribution in [0.25, 0.3) is 11.0 Å². The maximum atomic E-state index is 5.97. The molecule has 0 spiro atoms. The Hall–Kier alpha value is -1.40. The van der Waals surface area contributed by atoms with E-state index < -0.39 is 0 Å². The van der Waals surface area contributed by atoms with Gasteiger partial charge in [0.1, 0.15) is 17.9 Å². The summed E-state index contributed by atoms with van der Waals surface area (Å²) >= 11 is 7.16. The topological polar surface area (TPSA) is 39.9 Å². The molecule has 0 atom stereocenters. The number of ether oxygens (including phenoxy) is 1. The molecule has 24 heavy (non-hydrogen) atoms. The van der Waals surface area contributed by atoms with Gasteiger partial charge in [0.05, 0.1) is 9.99 Å². The van der Waals surface area contributed by atoms with E-state index >= 15 is 0 Å². The van der Waals surface area contributed by atoms with Gasteiger partial charge in [0.2, 0.25) is 0 Å². The molecule has 1 heterocycles. The molecule has 0 amide bonds. The monoisotopic (exact) mass is 451 g/mol. The summed E-state index contributed by atoms with van der Waals surface area (Å²) in [6.45, 7) is 7.86. The maximum Gasteiger partial charge on any atom is 0.136 e. The quantitative estimate of drug-likeness (QED) is 0.518. The Morgan fingerprint density at radius 3 is 2.54 bits per heavy atom. The predicted molar refractivity (Wildman–Crippen MR) is 103 cm³/mol. The van der Waals surface area contributed by atoms with E-state index in [1.54, 1.807) is 0 Å². The van der Waals surface area contributed by atoms with Gasteiger partial charge in [-0.05, 0) is 39.5 Å². The number of nitrogens with zero attached hydrogens (tertiary/aromatic N) is 3. The van der Waals surface area contributed by atoms with Crippen LogP contribution in [0.1, 0.15) is 26.3 Å². The summed E-state index contributed by atoms with van der Waals surface area (Å²) in [7, 11) is 0. The summed E-state index contributed by atoms with van der Waals surface area (Å²) in [5.41, 5.74) is 3.07. The van der Waals surface area contributed by atoms with E-state index in [2.05, 4.69) is 62.9 Å². The fraction of sp³-hybridized carbons (Fsp3) is 0.333. The molecule has 0 N–H and O–H groups in total. The molecule has 0 aliphatic carbocycles. The van der Waals surface area contributed by atoms with E-state index in [1.165, 1.54) is 0 Å². The first-order chi connectivity index (χ1) is 11.3. The summed E-state index contributed by atoms with van der Waals surface area (Å²) in [5.74, 6) is 0.765. The molecule has 0 saturated heterocycles. The minimum Gasteiger partial charge on any atom is -0.488 e. The zero-order valence-electron chi connectivity index (χ0n) is 13.9. The van der Waals surface area contributed by atoms with Crippen molar-refractivity contribution < 1.29 is 4.74 Å². The number of rotatable bonds is 4. The standard InChI is InChI=1S/C18H19Br2N3O/c1-18(2,3)11-23-14-8-9-15(16(20)17(14)21-22-23)24-10-12-6-4-5-7-13(12)19/h4-9H,10-11H2,1-3H3. The minimum absolute atomic E-state index is 0.141. The van der Waals surface area contributed by atoms with Gasteiger partial charge in [0.15, 0.2) is 0 Å². The van der Waals surface area contributed by atoms with Crippen LogP contribution in [0, 0.1) is 5.41 Å². The Morgan fingerprint density at radius 2 is 1.83 bits per heavy atom. The molecular formula is C18H19Br2N3O. The Morgan fingerprint density at radius 1 is 1.08 bits per heavy atom. The molecule has 4 nitrogen and oxygen atoms in total. The first kappa shape index (κ1) is 17.4. The van der Waals surface area contributed by atoms with Gasteiger partial charge in [-0.2, -0.15) is 0 Å². The van der Waals surface area contributed by atoms with Crippen molar-refractivity contribution in [2.24, 2.45) is 5.41 Å². The lowest BCUT2D eigenvalue weighted by Gasteiger charge is -2.18. The molecule has 2 aromatic carbocycles. The molecule has 0 saturated carbocycles. The molecular weight excluding hydrogens is 434 g/mol. The second kappa shape index (κ2) is 6.84. The summed E-state index contributed by atoms with van der Waals surface area (Å²) in [5, 5.41) is 8.60. The van der Waals surface area contributed by atoms with Crippen molar-refractivity contribution in [1.82, 2.24) is 15.0 Å². The van der Waals surface area contributed by atoms with Gasteiger partial charge in [-0.15, -0.1) is 5.10 Å². The van der Waals surface area contributed by atoms with Crippen LogP contribution < -0.4 is 4.74 Å². The fourth-order valence-electron chi connectivity index (χ4n) is 2.43. The zero-order chi connectivity index (χ0) is 17.3. The Bertz CT molecular complexity index is 868. The van der Waals surface area contributed by atoms with E-state index in [9.17, 15) is 0 Å². The Labute approximate surface area is 158 Å². The number of benzene rings is 2. The van der Waals surface area contributed by atoms with Crippen molar-refractivity contribution >= 4 is 42.9 Å². The number of hydrogen-bond acceptors (Lipinski definition) is 3. The Balaban J connectivity index is 1.86. The minimum atomic E-state index is 0.141. The molecule has 1 aromatic heterocycles. The smallest absolute Gasteiger partial charge is 0.136 e. The van der Waals surface area contributed by atoms with E-state index in [1.807, 2.05) is 41.1 Å². The molecule has 0 aliphatic heterocycles. The normalized spacial score (nSPS) is 11.9. The van der Waals surface area contributed by atoms with Crippen LogP contribution in [-0.4, -0.2) is 15.0 Å². The third-order valence-electron chi connectivity index (χ3n) is 3.56. The lowest BCUT2D eigenvalue weighted by molar-refractivity contribution is 0.304. The number of hydrogen-bond donors (Lipinski definition) is 0. The first-order valence-electron chi connectivity index (χ1n) is 7.73. The van der Waals surface area contributed by atoms with Crippen LogP contribution in [0.15, 0.2) is 45.3 Å². The van der Waals surface area contributed by atoms with Crippen molar-refractivity contribution in [1.29, 1.82) is 0 Å². The van der Waals surface area contributed by atoms with Crippen molar-refractivity contribution in [2.45, 2.75) is 33.9 Å². The molecule has 0 unspecified atom stereocenters. The number of halogens is 2. The van der Waals surface area contributed by atoms with E-state index in [-0.39, 0.29) is 5.41 Å². The van der Waals surface area contributed by atoms with E-state index in [4.69, 9.17) is 4.74 Å². The molecule has 0 bridgehead atoms. The average Bonchev–Trinajstić information content (AvgIpc) is 2.90. The fourth-order valence-corrected chi connectivity index (χ4v) is 3.36. The lowest BCUT2D eigenvalue weighted by Crippen LogP contribution is -2.16. The van der Waals surface area contributed by atoms with E-state index in [0.29, 0.717) is 6.61 Å². The van der Waals surface area contributed by atoms with E-state index in [0.717, 1.165) is 37.8 Å². The highest BCUT2D eigenvalue weighted by molar-refractivity contribution is 9.11. The van der Waals surface area contributed by atoms with Crippen molar-refractivity contribution in [3.8, 4) is 5.75 Å². The van der Waals surface area contributed by atoms with Gasteiger partial charge >= 0.3 is 0 Å². The summed E-state index contributed by atoms with van der Waals surface area (Å²) in [4.78, 5) is 0. The van der Waals surface area contributed by atoms with Gasteiger partial charge in [-0.25, -0.2) is 4.68 Å². The maximum absolute atomic E-state index is 5.97. The molecule has 3 rings (SSSR count). The molecule has 0 aliphatic rings. The molecule has 6 heteroatoms. The first-order valence-corrected chi connectivity index (χ1v) is 9.32. The summed E-state index contributed by atoms with van der Waals surface area (Å²) in [6, 6.07) is 12.0. The van der Waals surface area contributed by atoms with Crippen molar-refractivity contribution in [3.05, 3.63) is 50.9 Å². The second-order valence-electron chi connectivity index (χ2n) is 6.93.